The molecule has 1 heterocycles. The van der Waals surface area contributed by atoms with Crippen LogP contribution in [0.4, 0.5) is 0 Å². The molecule has 0 radical (unpaired) electrons. The molecule has 0 saturated carbocycles. The summed E-state index contributed by atoms with van der Waals surface area (Å²) in [6, 6.07) is 0. The summed E-state index contributed by atoms with van der Waals surface area (Å²) in [4.78, 5) is 11.8. The molecule has 1 N–H and O–H groups in total. The first-order valence-electron chi connectivity index (χ1n) is 4.61. The molecule has 0 aliphatic heterocycles. The van der Waals surface area contributed by atoms with Gasteiger partial charge < -0.3 is 9.63 Å². The molecule has 0 saturated heterocycles. The lowest BCUT2D eigenvalue weighted by Gasteiger charge is -2.32. The molecule has 1 aliphatic carbocycles. The van der Waals surface area contributed by atoms with Crippen molar-refractivity contribution >= 4 is 5.78 Å². The van der Waals surface area contributed by atoms with Crippen LogP contribution < -0.4 is 0 Å². The van der Waals surface area contributed by atoms with Crippen molar-refractivity contribution in [2.45, 2.75) is 33.3 Å². The van der Waals surface area contributed by atoms with Crippen molar-refractivity contribution < 1.29 is 14.4 Å². The molecular formula is C10H13NO3. The van der Waals surface area contributed by atoms with Crippen molar-refractivity contribution in [1.82, 2.24) is 5.16 Å². The molecule has 0 fully saturated rings. The molecule has 4 heteroatoms. The number of carbonyl (C=O) groups is 1. The number of hydrogen-bond acceptors (Lipinski definition) is 4. The Morgan fingerprint density at radius 3 is 2.86 bits per heavy atom. The van der Waals surface area contributed by atoms with E-state index in [-0.39, 0.29) is 5.78 Å². The first kappa shape index (κ1) is 9.40. The Morgan fingerprint density at radius 2 is 2.21 bits per heavy atom. The molecule has 1 aromatic heterocycles. The number of aromatic nitrogens is 1. The van der Waals surface area contributed by atoms with Crippen LogP contribution in [-0.4, -0.2) is 22.2 Å². The third-order valence-electron chi connectivity index (χ3n) is 2.79. The number of Topliss-reactive ketones (excluding diaryl/α,β-unsaturated/α-hetero) is 1. The maximum absolute atomic E-state index is 11.8. The number of hydrogen-bond donors (Lipinski definition) is 1. The minimum Gasteiger partial charge on any atom is -0.384 e. The zero-order valence-electron chi connectivity index (χ0n) is 8.50. The maximum Gasteiger partial charge on any atom is 0.197 e. The van der Waals surface area contributed by atoms with Crippen LogP contribution in [0.25, 0.3) is 0 Å². The van der Waals surface area contributed by atoms with E-state index in [9.17, 15) is 9.90 Å². The highest BCUT2D eigenvalue weighted by molar-refractivity contribution is 6.02. The van der Waals surface area contributed by atoms with Crippen LogP contribution in [0.2, 0.25) is 0 Å². The summed E-state index contributed by atoms with van der Waals surface area (Å²) in [5.41, 5.74) is 0.688. The molecule has 1 aliphatic rings. The Balaban J connectivity index is 2.56. The molecular weight excluding hydrogens is 182 g/mol. The predicted molar refractivity (Wildman–Crippen MR) is 49.1 cm³/mol. The van der Waals surface area contributed by atoms with E-state index in [0.29, 0.717) is 23.4 Å². The summed E-state index contributed by atoms with van der Waals surface area (Å²) in [5.74, 6) is 0.231. The van der Waals surface area contributed by atoms with Gasteiger partial charge in [-0.2, -0.15) is 0 Å². The Morgan fingerprint density at radius 1 is 1.57 bits per heavy atom. The van der Waals surface area contributed by atoms with Gasteiger partial charge in [0.15, 0.2) is 5.78 Å². The normalized spacial score (nSPS) is 24.9. The van der Waals surface area contributed by atoms with Gasteiger partial charge in [0.25, 0.3) is 0 Å². The molecule has 1 unspecified atom stereocenters. The molecule has 0 bridgehead atoms. The zero-order chi connectivity index (χ0) is 10.5. The molecule has 0 amide bonds. The lowest BCUT2D eigenvalue weighted by atomic mass is 9.73. The van der Waals surface area contributed by atoms with Gasteiger partial charge in [0.1, 0.15) is 11.9 Å². The molecule has 0 aromatic carbocycles. The van der Waals surface area contributed by atoms with E-state index in [1.807, 2.05) is 13.8 Å². The van der Waals surface area contributed by atoms with Crippen LogP contribution in [0.1, 0.15) is 35.7 Å². The number of rotatable bonds is 0. The van der Waals surface area contributed by atoms with Gasteiger partial charge in [0.2, 0.25) is 0 Å². The average molecular weight is 195 g/mol. The van der Waals surface area contributed by atoms with Crippen LogP contribution in [-0.2, 0) is 6.42 Å². The van der Waals surface area contributed by atoms with Crippen molar-refractivity contribution in [3.05, 3.63) is 17.0 Å². The Bertz CT molecular complexity index is 392. The lowest BCUT2D eigenvalue weighted by Crippen LogP contribution is -2.42. The summed E-state index contributed by atoms with van der Waals surface area (Å²) in [5, 5.41) is 13.6. The van der Waals surface area contributed by atoms with E-state index in [2.05, 4.69) is 5.16 Å². The van der Waals surface area contributed by atoms with E-state index in [1.54, 1.807) is 6.92 Å². The number of ketones is 1. The highest BCUT2D eigenvalue weighted by Gasteiger charge is 2.43. The summed E-state index contributed by atoms with van der Waals surface area (Å²) in [7, 11) is 0. The van der Waals surface area contributed by atoms with Crippen molar-refractivity contribution in [1.29, 1.82) is 0 Å². The molecule has 0 spiro atoms. The van der Waals surface area contributed by atoms with Crippen LogP contribution in [0.3, 0.4) is 0 Å². The predicted octanol–water partition coefficient (Wildman–Crippen LogP) is 1.11. The summed E-state index contributed by atoms with van der Waals surface area (Å²) in [6.07, 6.45) is -0.375. The fourth-order valence-corrected chi connectivity index (χ4v) is 1.87. The zero-order valence-corrected chi connectivity index (χ0v) is 8.50. The molecule has 4 nitrogen and oxygen atoms in total. The second-order valence-electron chi connectivity index (χ2n) is 4.49. The maximum atomic E-state index is 11.8. The monoisotopic (exact) mass is 195 g/mol. The largest absolute Gasteiger partial charge is 0.384 e. The minimum atomic E-state index is -0.951. The van der Waals surface area contributed by atoms with Crippen LogP contribution in [0, 0.1) is 12.3 Å². The molecule has 76 valence electrons. The van der Waals surface area contributed by atoms with Crippen molar-refractivity contribution in [3.63, 3.8) is 0 Å². The summed E-state index contributed by atoms with van der Waals surface area (Å²) < 4.78 is 4.95. The topological polar surface area (TPSA) is 63.3 Å². The first-order chi connectivity index (χ1) is 6.43. The third kappa shape index (κ3) is 1.10. The van der Waals surface area contributed by atoms with Gasteiger partial charge in [-0.05, 0) is 6.92 Å². The van der Waals surface area contributed by atoms with Gasteiger partial charge in [0, 0.05) is 11.8 Å². The number of carbonyl (C=O) groups excluding carboxylic acids is 1. The molecule has 1 atom stereocenters. The molecule has 1 aromatic rings. The van der Waals surface area contributed by atoms with Crippen molar-refractivity contribution in [2.24, 2.45) is 5.41 Å². The van der Waals surface area contributed by atoms with Gasteiger partial charge in [-0.25, -0.2) is 0 Å². The smallest absolute Gasteiger partial charge is 0.197 e. The lowest BCUT2D eigenvalue weighted by molar-refractivity contribution is 0.0334. The quantitative estimate of drug-likeness (QED) is 0.673. The minimum absolute atomic E-state index is 0.269. The fraction of sp³-hybridized carbons (Fsp3) is 0.600. The van der Waals surface area contributed by atoms with Crippen molar-refractivity contribution in [3.8, 4) is 0 Å². The summed E-state index contributed by atoms with van der Waals surface area (Å²) >= 11 is 0. The van der Waals surface area contributed by atoms with E-state index >= 15 is 0 Å². The number of nitrogens with zero attached hydrogens (tertiary/aromatic N) is 1. The van der Waals surface area contributed by atoms with Gasteiger partial charge >= 0.3 is 0 Å². The molecule has 14 heavy (non-hydrogen) atoms. The summed E-state index contributed by atoms with van der Waals surface area (Å²) in [6.45, 7) is 5.39. The van der Waals surface area contributed by atoms with Gasteiger partial charge in [-0.1, -0.05) is 19.0 Å². The number of fused-ring (bicyclic) bond motifs is 1. The van der Waals surface area contributed by atoms with E-state index in [4.69, 9.17) is 4.52 Å². The van der Waals surface area contributed by atoms with Crippen molar-refractivity contribution in [2.75, 3.05) is 0 Å². The Kier molecular flexibility index (Phi) is 1.79. The standard InChI is InChI=1S/C10H13NO3/c1-5-7-6(11-14-5)4-10(2,3)9(13)8(7)12/h9,13H,4H2,1-3H3. The first-order valence-corrected chi connectivity index (χ1v) is 4.61. The highest BCUT2D eigenvalue weighted by atomic mass is 16.5. The Labute approximate surface area is 81.9 Å². The van der Waals surface area contributed by atoms with E-state index < -0.39 is 11.5 Å². The van der Waals surface area contributed by atoms with Gasteiger partial charge in [-0.3, -0.25) is 4.79 Å². The Hall–Kier alpha value is -1.16. The van der Waals surface area contributed by atoms with E-state index in [0.717, 1.165) is 0 Å². The van der Waals surface area contributed by atoms with E-state index in [1.165, 1.54) is 0 Å². The average Bonchev–Trinajstić information content (AvgIpc) is 2.43. The van der Waals surface area contributed by atoms with Gasteiger partial charge in [0.05, 0.1) is 11.3 Å². The van der Waals surface area contributed by atoms with Crippen LogP contribution in [0.15, 0.2) is 4.52 Å². The molecule has 2 rings (SSSR count). The number of aliphatic hydroxyl groups excluding tert-OH is 1. The van der Waals surface area contributed by atoms with Crippen LogP contribution >= 0.6 is 0 Å². The second kappa shape index (κ2) is 2.67. The SMILES string of the molecule is Cc1onc2c1C(=O)C(O)C(C)(C)C2. The highest BCUT2D eigenvalue weighted by Crippen LogP contribution is 2.35. The second-order valence-corrected chi connectivity index (χ2v) is 4.49. The van der Waals surface area contributed by atoms with Crippen LogP contribution in [0.5, 0.6) is 0 Å². The fourth-order valence-electron chi connectivity index (χ4n) is 1.87. The van der Waals surface area contributed by atoms with Gasteiger partial charge in [-0.15, -0.1) is 0 Å². The number of aliphatic hydroxyl groups is 1. The number of aryl methyl sites for hydroxylation is 1. The third-order valence-corrected chi connectivity index (χ3v) is 2.79.